The highest BCUT2D eigenvalue weighted by molar-refractivity contribution is 5.89. The summed E-state index contributed by atoms with van der Waals surface area (Å²) in [6.07, 6.45) is 5.76. The number of hydrogen-bond acceptors (Lipinski definition) is 4. The van der Waals surface area contributed by atoms with Gasteiger partial charge in [0.15, 0.2) is 0 Å². The summed E-state index contributed by atoms with van der Waals surface area (Å²) in [5, 5.41) is 11.6. The molecule has 0 saturated heterocycles. The summed E-state index contributed by atoms with van der Waals surface area (Å²) in [6.45, 7) is 2.10. The Morgan fingerprint density at radius 1 is 1.21 bits per heavy atom. The average molecular weight is 322 g/mol. The molecule has 3 atom stereocenters. The highest BCUT2D eigenvalue weighted by Gasteiger charge is 2.36. The smallest absolute Gasteiger partial charge is 0.146 e. The highest BCUT2D eigenvalue weighted by Crippen LogP contribution is 2.43. The van der Waals surface area contributed by atoms with E-state index < -0.39 is 0 Å². The van der Waals surface area contributed by atoms with Gasteiger partial charge in [-0.25, -0.2) is 9.97 Å². The molecule has 0 aliphatic heterocycles. The van der Waals surface area contributed by atoms with Gasteiger partial charge >= 0.3 is 0 Å². The molecule has 5 nitrogen and oxygen atoms in total. The van der Waals surface area contributed by atoms with Gasteiger partial charge in [0.25, 0.3) is 0 Å². The molecule has 24 heavy (non-hydrogen) atoms. The number of rotatable bonds is 3. The number of nitrogen functional groups attached to an aromatic ring is 1. The molecular formula is C19H22N4O. The van der Waals surface area contributed by atoms with Gasteiger partial charge in [-0.2, -0.15) is 0 Å². The van der Waals surface area contributed by atoms with Crippen LogP contribution in [0.15, 0.2) is 42.9 Å². The Morgan fingerprint density at radius 3 is 2.75 bits per heavy atom. The zero-order chi connectivity index (χ0) is 16.7. The predicted octanol–water partition coefficient (Wildman–Crippen LogP) is 3.06. The van der Waals surface area contributed by atoms with Crippen molar-refractivity contribution in [3.05, 3.63) is 54.0 Å². The summed E-state index contributed by atoms with van der Waals surface area (Å²) in [5.41, 5.74) is 9.33. The van der Waals surface area contributed by atoms with Crippen LogP contribution in [0.3, 0.4) is 0 Å². The van der Waals surface area contributed by atoms with Crippen LogP contribution in [-0.4, -0.2) is 25.7 Å². The number of fused-ring (bicyclic) bond motifs is 1. The van der Waals surface area contributed by atoms with Crippen molar-refractivity contribution in [2.24, 2.45) is 0 Å². The van der Waals surface area contributed by atoms with Crippen LogP contribution in [0.4, 0.5) is 5.82 Å². The Hall–Kier alpha value is -2.40. The van der Waals surface area contributed by atoms with Crippen LogP contribution in [0.2, 0.25) is 0 Å². The highest BCUT2D eigenvalue weighted by atomic mass is 16.3. The minimum absolute atomic E-state index is 0.0207. The molecule has 1 aromatic carbocycles. The molecule has 1 saturated carbocycles. The van der Waals surface area contributed by atoms with Gasteiger partial charge < -0.3 is 15.4 Å². The van der Waals surface area contributed by atoms with Crippen LogP contribution in [0.1, 0.15) is 42.9 Å². The van der Waals surface area contributed by atoms with E-state index in [2.05, 4.69) is 51.9 Å². The van der Waals surface area contributed by atoms with E-state index in [9.17, 15) is 5.11 Å². The van der Waals surface area contributed by atoms with E-state index in [0.29, 0.717) is 11.7 Å². The molecule has 0 bridgehead atoms. The van der Waals surface area contributed by atoms with Gasteiger partial charge in [0.2, 0.25) is 0 Å². The molecule has 1 aliphatic carbocycles. The molecule has 1 fully saturated rings. The first kappa shape index (κ1) is 15.1. The summed E-state index contributed by atoms with van der Waals surface area (Å²) in [4.78, 5) is 8.58. The van der Waals surface area contributed by atoms with Crippen molar-refractivity contribution < 1.29 is 5.11 Å². The number of nitrogens with zero attached hydrogens (tertiary/aromatic N) is 3. The molecule has 1 aliphatic rings. The van der Waals surface area contributed by atoms with Crippen molar-refractivity contribution in [3.8, 4) is 0 Å². The largest absolute Gasteiger partial charge is 0.391 e. The molecule has 0 amide bonds. The molecule has 4 rings (SSSR count). The molecule has 0 spiro atoms. The van der Waals surface area contributed by atoms with Gasteiger partial charge in [0.1, 0.15) is 17.8 Å². The minimum atomic E-state index is -0.383. The second kappa shape index (κ2) is 5.91. The van der Waals surface area contributed by atoms with E-state index >= 15 is 0 Å². The minimum Gasteiger partial charge on any atom is -0.391 e. The van der Waals surface area contributed by atoms with Gasteiger partial charge in [-0.3, -0.25) is 0 Å². The normalized spacial score (nSPS) is 23.8. The molecular weight excluding hydrogens is 300 g/mol. The molecule has 2 heterocycles. The fraction of sp³-hybridized carbons (Fsp3) is 0.368. The summed E-state index contributed by atoms with van der Waals surface area (Å²) in [5.74, 6) is 0.885. The van der Waals surface area contributed by atoms with Crippen LogP contribution < -0.4 is 5.73 Å². The maximum atomic E-state index is 10.7. The molecule has 3 aromatic rings. The van der Waals surface area contributed by atoms with Crippen LogP contribution >= 0.6 is 0 Å². The van der Waals surface area contributed by atoms with E-state index in [1.807, 2.05) is 6.07 Å². The zero-order valence-corrected chi connectivity index (χ0v) is 13.8. The second-order valence-electron chi connectivity index (χ2n) is 6.59. The van der Waals surface area contributed by atoms with Crippen molar-refractivity contribution in [1.82, 2.24) is 14.5 Å². The van der Waals surface area contributed by atoms with Gasteiger partial charge in [-0.1, -0.05) is 37.3 Å². The van der Waals surface area contributed by atoms with Crippen molar-refractivity contribution in [2.75, 3.05) is 5.73 Å². The summed E-state index contributed by atoms with van der Waals surface area (Å²) in [6, 6.07) is 10.5. The van der Waals surface area contributed by atoms with E-state index in [1.165, 1.54) is 11.9 Å². The van der Waals surface area contributed by atoms with Crippen LogP contribution in [0.25, 0.3) is 11.0 Å². The van der Waals surface area contributed by atoms with E-state index in [0.717, 1.165) is 35.9 Å². The summed E-state index contributed by atoms with van der Waals surface area (Å²) < 4.78 is 2.11. The third-order valence-electron chi connectivity index (χ3n) is 5.22. The van der Waals surface area contributed by atoms with E-state index in [1.54, 1.807) is 0 Å². The monoisotopic (exact) mass is 322 g/mol. The van der Waals surface area contributed by atoms with Crippen LogP contribution in [0, 0.1) is 0 Å². The predicted molar refractivity (Wildman–Crippen MR) is 94.8 cm³/mol. The third kappa shape index (κ3) is 2.36. The standard InChI is InChI=1S/C19H22N4O/c1-2-12-10-23(19-17(12)18(20)21-11-22-19)15-8-14(9-16(15)24)13-6-4-3-5-7-13/h3-7,10-11,14-16,24H,2,8-9H2,1H3,(H2,20,21,22)/t14-,15+,16+/m0/s1. The number of benzene rings is 1. The fourth-order valence-corrected chi connectivity index (χ4v) is 4.00. The van der Waals surface area contributed by atoms with Crippen LogP contribution in [0.5, 0.6) is 0 Å². The van der Waals surface area contributed by atoms with Gasteiger partial charge in [0, 0.05) is 6.20 Å². The molecule has 0 unspecified atom stereocenters. The molecule has 5 heteroatoms. The maximum Gasteiger partial charge on any atom is 0.146 e. The SMILES string of the molecule is CCc1cn([C@@H]2C[C@H](c3ccccc3)C[C@H]2O)c2ncnc(N)c12. The molecule has 0 radical (unpaired) electrons. The lowest BCUT2D eigenvalue weighted by atomic mass is 9.97. The Kier molecular flexibility index (Phi) is 3.73. The number of aliphatic hydroxyl groups is 1. The molecule has 3 N–H and O–H groups in total. The van der Waals surface area contributed by atoms with E-state index in [-0.39, 0.29) is 12.1 Å². The Morgan fingerprint density at radius 2 is 2.00 bits per heavy atom. The first-order valence-corrected chi connectivity index (χ1v) is 8.52. The first-order chi connectivity index (χ1) is 11.7. The maximum absolute atomic E-state index is 10.7. The number of hydrogen-bond donors (Lipinski definition) is 2. The number of aliphatic hydroxyl groups excluding tert-OH is 1. The summed E-state index contributed by atoms with van der Waals surface area (Å²) >= 11 is 0. The number of aryl methyl sites for hydroxylation is 1. The lowest BCUT2D eigenvalue weighted by molar-refractivity contribution is 0.137. The summed E-state index contributed by atoms with van der Waals surface area (Å²) in [7, 11) is 0. The topological polar surface area (TPSA) is 77.0 Å². The number of aromatic nitrogens is 3. The Bertz CT molecular complexity index is 858. The zero-order valence-electron chi connectivity index (χ0n) is 13.8. The first-order valence-electron chi connectivity index (χ1n) is 8.52. The van der Waals surface area contributed by atoms with Crippen molar-refractivity contribution in [1.29, 1.82) is 0 Å². The Labute approximate surface area is 141 Å². The third-order valence-corrected chi connectivity index (χ3v) is 5.22. The quantitative estimate of drug-likeness (QED) is 0.777. The van der Waals surface area contributed by atoms with Crippen LogP contribution in [-0.2, 0) is 6.42 Å². The fourth-order valence-electron chi connectivity index (χ4n) is 4.00. The van der Waals surface area contributed by atoms with Crippen molar-refractivity contribution in [3.63, 3.8) is 0 Å². The van der Waals surface area contributed by atoms with Crippen molar-refractivity contribution in [2.45, 2.75) is 44.2 Å². The van der Waals surface area contributed by atoms with Gasteiger partial charge in [-0.15, -0.1) is 0 Å². The molecule has 124 valence electrons. The Balaban J connectivity index is 1.74. The van der Waals surface area contributed by atoms with Crippen molar-refractivity contribution >= 4 is 16.9 Å². The van der Waals surface area contributed by atoms with E-state index in [4.69, 9.17) is 5.73 Å². The lowest BCUT2D eigenvalue weighted by Gasteiger charge is -2.17. The lowest BCUT2D eigenvalue weighted by Crippen LogP contribution is -2.17. The van der Waals surface area contributed by atoms with Gasteiger partial charge in [0.05, 0.1) is 17.5 Å². The van der Waals surface area contributed by atoms with Gasteiger partial charge in [-0.05, 0) is 36.3 Å². The average Bonchev–Trinajstić information content (AvgIpc) is 3.17. The number of nitrogens with two attached hydrogens (primary N) is 1. The number of anilines is 1. The molecule has 2 aromatic heterocycles. The second-order valence-corrected chi connectivity index (χ2v) is 6.59.